The Balaban J connectivity index is 2.17. The summed E-state index contributed by atoms with van der Waals surface area (Å²) in [4.78, 5) is 22.7. The zero-order valence-electron chi connectivity index (χ0n) is 13.9. The molecule has 7 heteroatoms. The highest BCUT2D eigenvalue weighted by atomic mass is 16.7. The van der Waals surface area contributed by atoms with Gasteiger partial charge in [-0.25, -0.2) is 0 Å². The van der Waals surface area contributed by atoms with Crippen LogP contribution in [0.3, 0.4) is 0 Å². The van der Waals surface area contributed by atoms with Crippen LogP contribution in [-0.2, 0) is 25.7 Å². The lowest BCUT2D eigenvalue weighted by Crippen LogP contribution is -2.38. The highest BCUT2D eigenvalue weighted by molar-refractivity contribution is 5.92. The minimum atomic E-state index is -0.768. The van der Waals surface area contributed by atoms with Crippen LogP contribution < -0.4 is 10.1 Å². The number of aliphatic hydroxyl groups is 1. The molecular weight excluding hydrogens is 314 g/mol. The Bertz CT molecular complexity index is 588. The van der Waals surface area contributed by atoms with Crippen molar-refractivity contribution in [1.82, 2.24) is 0 Å². The van der Waals surface area contributed by atoms with E-state index in [4.69, 9.17) is 14.2 Å². The Morgan fingerprint density at radius 2 is 2.21 bits per heavy atom. The first-order chi connectivity index (χ1) is 11.5. The van der Waals surface area contributed by atoms with Crippen molar-refractivity contribution in [3.8, 4) is 5.75 Å². The van der Waals surface area contributed by atoms with Crippen LogP contribution in [-0.4, -0.2) is 36.0 Å². The maximum Gasteiger partial charge on any atom is 0.302 e. The maximum atomic E-state index is 11.7. The molecule has 1 aliphatic rings. The van der Waals surface area contributed by atoms with Gasteiger partial charge in [0, 0.05) is 13.3 Å². The van der Waals surface area contributed by atoms with Crippen molar-refractivity contribution in [3.63, 3.8) is 0 Å². The zero-order valence-corrected chi connectivity index (χ0v) is 13.9. The van der Waals surface area contributed by atoms with E-state index < -0.39 is 12.4 Å². The largest absolute Gasteiger partial charge is 0.461 e. The first kappa shape index (κ1) is 18.2. The average Bonchev–Trinajstić information content (AvgIpc) is 2.56. The first-order valence-corrected chi connectivity index (χ1v) is 8.02. The van der Waals surface area contributed by atoms with Gasteiger partial charge < -0.3 is 24.6 Å². The van der Waals surface area contributed by atoms with Gasteiger partial charge in [-0.3, -0.25) is 9.59 Å². The summed E-state index contributed by atoms with van der Waals surface area (Å²) in [6.07, 6.45) is 0.216. The molecule has 132 valence electrons. The van der Waals surface area contributed by atoms with Crippen LogP contribution in [0.15, 0.2) is 18.2 Å². The summed E-state index contributed by atoms with van der Waals surface area (Å²) in [5.74, 6) is -0.155. The molecule has 1 amide bonds. The van der Waals surface area contributed by atoms with Gasteiger partial charge in [-0.1, -0.05) is 13.0 Å². The molecule has 0 saturated carbocycles. The van der Waals surface area contributed by atoms with Gasteiger partial charge >= 0.3 is 5.97 Å². The van der Waals surface area contributed by atoms with E-state index in [0.29, 0.717) is 36.4 Å². The second-order valence-electron chi connectivity index (χ2n) is 5.58. The van der Waals surface area contributed by atoms with Gasteiger partial charge in [0.25, 0.3) is 0 Å². The summed E-state index contributed by atoms with van der Waals surface area (Å²) in [7, 11) is 0. The summed E-state index contributed by atoms with van der Waals surface area (Å²) in [5, 5.41) is 12.7. The Labute approximate surface area is 140 Å². The summed E-state index contributed by atoms with van der Waals surface area (Å²) in [6.45, 7) is 3.70. The molecule has 2 unspecified atom stereocenters. The van der Waals surface area contributed by atoms with E-state index in [1.807, 2.05) is 0 Å². The summed E-state index contributed by atoms with van der Waals surface area (Å²) in [5.41, 5.74) is 1.17. The maximum absolute atomic E-state index is 11.7. The van der Waals surface area contributed by atoms with Gasteiger partial charge in [-0.2, -0.15) is 0 Å². The van der Waals surface area contributed by atoms with Crippen molar-refractivity contribution in [1.29, 1.82) is 0 Å². The van der Waals surface area contributed by atoms with Gasteiger partial charge in [0.15, 0.2) is 0 Å². The van der Waals surface area contributed by atoms with Crippen LogP contribution >= 0.6 is 0 Å². The summed E-state index contributed by atoms with van der Waals surface area (Å²) < 4.78 is 16.1. The first-order valence-electron chi connectivity index (χ1n) is 8.02. The summed E-state index contributed by atoms with van der Waals surface area (Å²) >= 11 is 0. The van der Waals surface area contributed by atoms with Gasteiger partial charge in [0.1, 0.15) is 18.5 Å². The normalized spacial score (nSPS) is 20.3. The average molecular weight is 337 g/mol. The number of hydrogen-bond donors (Lipinski definition) is 2. The van der Waals surface area contributed by atoms with E-state index in [1.165, 1.54) is 6.92 Å². The fraction of sp³-hybridized carbons (Fsp3) is 0.529. The Morgan fingerprint density at radius 1 is 1.42 bits per heavy atom. The molecule has 0 aliphatic carbocycles. The lowest BCUT2D eigenvalue weighted by atomic mass is 10.1. The number of rotatable bonds is 6. The van der Waals surface area contributed by atoms with Crippen molar-refractivity contribution in [2.75, 3.05) is 11.9 Å². The predicted molar refractivity (Wildman–Crippen MR) is 86.4 cm³/mol. The molecular formula is C17H23NO6. The minimum absolute atomic E-state index is 0.104. The minimum Gasteiger partial charge on any atom is -0.461 e. The lowest BCUT2D eigenvalue weighted by Gasteiger charge is -2.29. The van der Waals surface area contributed by atoms with Crippen molar-refractivity contribution in [2.45, 2.75) is 52.1 Å². The quantitative estimate of drug-likeness (QED) is 0.771. The van der Waals surface area contributed by atoms with Crippen molar-refractivity contribution < 1.29 is 28.9 Å². The molecule has 24 heavy (non-hydrogen) atoms. The number of carbonyl (C=O) groups excluding carboxylic acids is 2. The molecule has 1 fully saturated rings. The van der Waals surface area contributed by atoms with E-state index in [0.717, 1.165) is 6.42 Å². The molecule has 1 saturated heterocycles. The Hall–Kier alpha value is -2.12. The lowest BCUT2D eigenvalue weighted by molar-refractivity contribution is -0.169. The number of nitrogens with one attached hydrogen (secondary N) is 1. The van der Waals surface area contributed by atoms with Crippen LogP contribution in [0.4, 0.5) is 5.69 Å². The van der Waals surface area contributed by atoms with E-state index in [2.05, 4.69) is 5.32 Å². The number of benzene rings is 1. The number of aliphatic hydroxyl groups excluding tert-OH is 1. The van der Waals surface area contributed by atoms with E-state index in [-0.39, 0.29) is 18.5 Å². The third-order valence-corrected chi connectivity index (χ3v) is 3.56. The molecule has 0 spiro atoms. The van der Waals surface area contributed by atoms with E-state index >= 15 is 0 Å². The summed E-state index contributed by atoms with van der Waals surface area (Å²) in [6, 6.07) is 5.07. The van der Waals surface area contributed by atoms with Crippen LogP contribution in [0.2, 0.25) is 0 Å². The van der Waals surface area contributed by atoms with Crippen molar-refractivity contribution in [2.24, 2.45) is 0 Å². The molecule has 1 aromatic carbocycles. The standard InChI is InChI=1S/C17H23NO6/c1-3-16(21)18-13-9-12(10-23-11(2)19)6-7-15(13)24-17-14(20)5-4-8-22-17/h6-7,9,14,17,20H,3-5,8,10H2,1-2H3,(H,18,21). The molecule has 1 aliphatic heterocycles. The molecule has 0 radical (unpaired) electrons. The molecule has 1 aromatic rings. The van der Waals surface area contributed by atoms with Gasteiger partial charge in [-0.15, -0.1) is 0 Å². The van der Waals surface area contributed by atoms with Crippen molar-refractivity contribution >= 4 is 17.6 Å². The fourth-order valence-corrected chi connectivity index (χ4v) is 2.27. The zero-order chi connectivity index (χ0) is 17.5. The predicted octanol–water partition coefficient (Wildman–Crippen LogP) is 1.97. The highest BCUT2D eigenvalue weighted by Crippen LogP contribution is 2.29. The Morgan fingerprint density at radius 3 is 2.88 bits per heavy atom. The van der Waals surface area contributed by atoms with E-state index in [1.54, 1.807) is 25.1 Å². The van der Waals surface area contributed by atoms with Crippen LogP contribution in [0.25, 0.3) is 0 Å². The van der Waals surface area contributed by atoms with Crippen molar-refractivity contribution in [3.05, 3.63) is 23.8 Å². The molecule has 1 heterocycles. The second-order valence-corrected chi connectivity index (χ2v) is 5.58. The molecule has 0 bridgehead atoms. The second kappa shape index (κ2) is 8.65. The number of esters is 1. The van der Waals surface area contributed by atoms with Crippen LogP contribution in [0, 0.1) is 0 Å². The number of anilines is 1. The van der Waals surface area contributed by atoms with Gasteiger partial charge in [-0.05, 0) is 30.5 Å². The number of ether oxygens (including phenoxy) is 3. The number of carbonyl (C=O) groups is 2. The monoisotopic (exact) mass is 337 g/mol. The van der Waals surface area contributed by atoms with Gasteiger partial charge in [0.2, 0.25) is 12.2 Å². The molecule has 7 nitrogen and oxygen atoms in total. The Kier molecular flexibility index (Phi) is 6.57. The molecule has 2 N–H and O–H groups in total. The number of amides is 1. The van der Waals surface area contributed by atoms with Crippen LogP contribution in [0.1, 0.15) is 38.7 Å². The molecule has 2 atom stereocenters. The third-order valence-electron chi connectivity index (χ3n) is 3.56. The van der Waals surface area contributed by atoms with E-state index in [9.17, 15) is 14.7 Å². The van der Waals surface area contributed by atoms with Crippen LogP contribution in [0.5, 0.6) is 5.75 Å². The number of hydrogen-bond acceptors (Lipinski definition) is 6. The van der Waals surface area contributed by atoms with Gasteiger partial charge in [0.05, 0.1) is 12.3 Å². The SMILES string of the molecule is CCC(=O)Nc1cc(COC(C)=O)ccc1OC1OCCCC1O. The molecule has 2 rings (SSSR count). The smallest absolute Gasteiger partial charge is 0.302 e. The third kappa shape index (κ3) is 5.21. The highest BCUT2D eigenvalue weighted by Gasteiger charge is 2.26. The topological polar surface area (TPSA) is 94.1 Å². The fourth-order valence-electron chi connectivity index (χ4n) is 2.27. The molecule has 0 aromatic heterocycles.